The van der Waals surface area contributed by atoms with Crippen molar-refractivity contribution in [1.82, 2.24) is 5.32 Å². The standard InChI is InChI=1S/C10H14ClNO2S2/c1-6(8(5-13)15-2)12-10(14)9-7(11)3-4-16-9/h3-4,6,8,13H,5H2,1-2H3,(H,12,14). The van der Waals surface area contributed by atoms with Crippen molar-refractivity contribution in [2.45, 2.75) is 18.2 Å². The number of aliphatic hydroxyl groups excluding tert-OH is 1. The summed E-state index contributed by atoms with van der Waals surface area (Å²) >= 11 is 8.70. The third-order valence-electron chi connectivity index (χ3n) is 2.22. The highest BCUT2D eigenvalue weighted by Gasteiger charge is 2.19. The molecule has 0 spiro atoms. The van der Waals surface area contributed by atoms with E-state index in [-0.39, 0.29) is 23.8 Å². The van der Waals surface area contributed by atoms with Crippen LogP contribution in [0.25, 0.3) is 0 Å². The molecule has 0 aliphatic rings. The molecule has 0 fully saturated rings. The smallest absolute Gasteiger partial charge is 0.263 e. The van der Waals surface area contributed by atoms with Gasteiger partial charge in [-0.25, -0.2) is 0 Å². The molecular formula is C10H14ClNO2S2. The first kappa shape index (κ1) is 13.8. The first-order chi connectivity index (χ1) is 7.60. The second kappa shape index (κ2) is 6.49. The number of aliphatic hydroxyl groups is 1. The topological polar surface area (TPSA) is 49.3 Å². The lowest BCUT2D eigenvalue weighted by Gasteiger charge is -2.20. The maximum Gasteiger partial charge on any atom is 0.263 e. The maximum absolute atomic E-state index is 11.8. The van der Waals surface area contributed by atoms with Crippen molar-refractivity contribution in [1.29, 1.82) is 0 Å². The van der Waals surface area contributed by atoms with E-state index in [9.17, 15) is 4.79 Å². The average molecular weight is 280 g/mol. The van der Waals surface area contributed by atoms with Crippen molar-refractivity contribution < 1.29 is 9.90 Å². The van der Waals surface area contributed by atoms with Gasteiger partial charge in [-0.15, -0.1) is 11.3 Å². The monoisotopic (exact) mass is 279 g/mol. The Morgan fingerprint density at radius 3 is 2.88 bits per heavy atom. The molecule has 6 heteroatoms. The van der Waals surface area contributed by atoms with E-state index in [1.54, 1.807) is 11.4 Å². The number of thiophene rings is 1. The Hall–Kier alpha value is -0.230. The molecule has 1 heterocycles. The molecule has 0 saturated heterocycles. The molecule has 1 amide bonds. The number of rotatable bonds is 5. The van der Waals surface area contributed by atoms with E-state index in [1.165, 1.54) is 23.1 Å². The molecule has 2 unspecified atom stereocenters. The summed E-state index contributed by atoms with van der Waals surface area (Å²) in [4.78, 5) is 12.3. The minimum absolute atomic E-state index is 0.00249. The normalized spacial score (nSPS) is 14.5. The van der Waals surface area contributed by atoms with Crippen LogP contribution in [0.15, 0.2) is 11.4 Å². The number of carbonyl (C=O) groups excluding carboxylic acids is 1. The summed E-state index contributed by atoms with van der Waals surface area (Å²) in [7, 11) is 0. The zero-order valence-corrected chi connectivity index (χ0v) is 11.5. The van der Waals surface area contributed by atoms with Crippen LogP contribution in [0.4, 0.5) is 0 Å². The first-order valence-corrected chi connectivity index (χ1v) is 7.32. The lowest BCUT2D eigenvalue weighted by atomic mass is 10.2. The van der Waals surface area contributed by atoms with Gasteiger partial charge in [0.15, 0.2) is 0 Å². The lowest BCUT2D eigenvalue weighted by molar-refractivity contribution is 0.0940. The van der Waals surface area contributed by atoms with Crippen LogP contribution in [0, 0.1) is 0 Å². The summed E-state index contributed by atoms with van der Waals surface area (Å²) in [6.07, 6.45) is 1.90. The highest BCUT2D eigenvalue weighted by Crippen LogP contribution is 2.22. The average Bonchev–Trinajstić information content (AvgIpc) is 2.66. The van der Waals surface area contributed by atoms with Gasteiger partial charge in [-0.2, -0.15) is 11.8 Å². The van der Waals surface area contributed by atoms with Crippen LogP contribution >= 0.6 is 34.7 Å². The second-order valence-electron chi connectivity index (χ2n) is 3.32. The number of hydrogen-bond acceptors (Lipinski definition) is 4. The van der Waals surface area contributed by atoms with E-state index in [4.69, 9.17) is 16.7 Å². The molecule has 0 saturated carbocycles. The molecule has 90 valence electrons. The van der Waals surface area contributed by atoms with E-state index in [0.29, 0.717) is 9.90 Å². The molecule has 0 aliphatic heterocycles. The Morgan fingerprint density at radius 2 is 2.44 bits per heavy atom. The third kappa shape index (κ3) is 3.38. The molecule has 0 aromatic carbocycles. The molecule has 2 N–H and O–H groups in total. The van der Waals surface area contributed by atoms with Gasteiger partial charge in [0.1, 0.15) is 4.88 Å². The largest absolute Gasteiger partial charge is 0.395 e. The molecule has 1 aromatic heterocycles. The molecule has 16 heavy (non-hydrogen) atoms. The molecule has 2 atom stereocenters. The van der Waals surface area contributed by atoms with Crippen molar-refractivity contribution in [3.63, 3.8) is 0 Å². The van der Waals surface area contributed by atoms with E-state index in [2.05, 4.69) is 5.32 Å². The highest BCUT2D eigenvalue weighted by molar-refractivity contribution is 7.99. The van der Waals surface area contributed by atoms with Crippen LogP contribution in [0.1, 0.15) is 16.6 Å². The fourth-order valence-corrected chi connectivity index (χ4v) is 2.93. The van der Waals surface area contributed by atoms with E-state index >= 15 is 0 Å². The Kier molecular flexibility index (Phi) is 5.61. The van der Waals surface area contributed by atoms with Crippen molar-refractivity contribution in [3.05, 3.63) is 21.3 Å². The van der Waals surface area contributed by atoms with Crippen LogP contribution in [0.2, 0.25) is 5.02 Å². The minimum atomic E-state index is -0.181. The SMILES string of the molecule is CSC(CO)C(C)NC(=O)c1sccc1Cl. The van der Waals surface area contributed by atoms with Gasteiger partial charge in [0.2, 0.25) is 0 Å². The molecule has 1 rings (SSSR count). The number of nitrogens with one attached hydrogen (secondary N) is 1. The number of halogens is 1. The molecule has 0 aliphatic carbocycles. The minimum Gasteiger partial charge on any atom is -0.395 e. The zero-order chi connectivity index (χ0) is 12.1. The summed E-state index contributed by atoms with van der Waals surface area (Å²) in [6.45, 7) is 1.91. The first-order valence-electron chi connectivity index (χ1n) is 4.77. The van der Waals surface area contributed by atoms with E-state index < -0.39 is 0 Å². The van der Waals surface area contributed by atoms with Crippen LogP contribution < -0.4 is 5.32 Å². The van der Waals surface area contributed by atoms with Gasteiger partial charge in [0.25, 0.3) is 5.91 Å². The fraction of sp³-hybridized carbons (Fsp3) is 0.500. The summed E-state index contributed by atoms with van der Waals surface area (Å²) in [6, 6.07) is 1.61. The van der Waals surface area contributed by atoms with Crippen LogP contribution in [-0.4, -0.2) is 35.2 Å². The van der Waals surface area contributed by atoms with Crippen molar-refractivity contribution in [2.75, 3.05) is 12.9 Å². The van der Waals surface area contributed by atoms with Gasteiger partial charge >= 0.3 is 0 Å². The van der Waals surface area contributed by atoms with Gasteiger partial charge in [-0.3, -0.25) is 4.79 Å². The highest BCUT2D eigenvalue weighted by atomic mass is 35.5. The molecule has 0 radical (unpaired) electrons. The Bertz CT molecular complexity index is 352. The van der Waals surface area contributed by atoms with Crippen molar-refractivity contribution in [2.24, 2.45) is 0 Å². The Labute approximate surface area is 108 Å². The number of amides is 1. The lowest BCUT2D eigenvalue weighted by Crippen LogP contribution is -2.41. The van der Waals surface area contributed by atoms with Crippen LogP contribution in [-0.2, 0) is 0 Å². The van der Waals surface area contributed by atoms with Gasteiger partial charge < -0.3 is 10.4 Å². The van der Waals surface area contributed by atoms with Crippen molar-refractivity contribution >= 4 is 40.6 Å². The number of thioether (sulfide) groups is 1. The summed E-state index contributed by atoms with van der Waals surface area (Å²) in [5, 5.41) is 14.2. The van der Waals surface area contributed by atoms with Crippen LogP contribution in [0.3, 0.4) is 0 Å². The summed E-state index contributed by atoms with van der Waals surface area (Å²) in [5.41, 5.74) is 0. The number of carbonyl (C=O) groups is 1. The quantitative estimate of drug-likeness (QED) is 0.869. The van der Waals surface area contributed by atoms with Gasteiger partial charge in [0.05, 0.1) is 11.6 Å². The van der Waals surface area contributed by atoms with E-state index in [0.717, 1.165) is 0 Å². The maximum atomic E-state index is 11.8. The molecule has 1 aromatic rings. The fourth-order valence-electron chi connectivity index (χ4n) is 1.26. The summed E-state index contributed by atoms with van der Waals surface area (Å²) in [5.74, 6) is -0.181. The van der Waals surface area contributed by atoms with Gasteiger partial charge in [-0.05, 0) is 24.6 Å². The van der Waals surface area contributed by atoms with Gasteiger partial charge in [0, 0.05) is 11.3 Å². The number of hydrogen-bond donors (Lipinski definition) is 2. The second-order valence-corrected chi connectivity index (χ2v) is 5.72. The summed E-state index contributed by atoms with van der Waals surface area (Å²) < 4.78 is 0. The zero-order valence-electron chi connectivity index (χ0n) is 9.07. The van der Waals surface area contributed by atoms with Gasteiger partial charge in [-0.1, -0.05) is 11.6 Å². The van der Waals surface area contributed by atoms with Crippen molar-refractivity contribution in [3.8, 4) is 0 Å². The molecule has 0 bridgehead atoms. The van der Waals surface area contributed by atoms with E-state index in [1.807, 2.05) is 13.2 Å². The predicted octanol–water partition coefficient (Wildman–Crippen LogP) is 2.24. The Balaban J connectivity index is 2.61. The molecular weight excluding hydrogens is 266 g/mol. The Morgan fingerprint density at radius 1 is 1.75 bits per heavy atom. The third-order valence-corrected chi connectivity index (χ3v) is 4.73. The predicted molar refractivity (Wildman–Crippen MR) is 70.6 cm³/mol. The van der Waals surface area contributed by atoms with Crippen LogP contribution in [0.5, 0.6) is 0 Å². The molecule has 3 nitrogen and oxygen atoms in total.